The van der Waals surface area contributed by atoms with E-state index in [0.29, 0.717) is 6.04 Å². The first-order valence-electron chi connectivity index (χ1n) is 5.21. The fourth-order valence-electron chi connectivity index (χ4n) is 2.20. The van der Waals surface area contributed by atoms with Crippen molar-refractivity contribution in [3.05, 3.63) is 29.3 Å². The molecule has 2 nitrogen and oxygen atoms in total. The third-order valence-electron chi connectivity index (χ3n) is 3.07. The molecule has 0 aromatic heterocycles. The maximum absolute atomic E-state index is 3.38. The summed E-state index contributed by atoms with van der Waals surface area (Å²) in [5.74, 6) is 0. The zero-order valence-electron chi connectivity index (χ0n) is 9.17. The predicted molar refractivity (Wildman–Crippen MR) is 60.9 cm³/mol. The van der Waals surface area contributed by atoms with Crippen LogP contribution < -0.4 is 10.2 Å². The maximum atomic E-state index is 3.38. The van der Waals surface area contributed by atoms with Gasteiger partial charge in [0.15, 0.2) is 0 Å². The molecule has 14 heavy (non-hydrogen) atoms. The molecule has 1 aromatic rings. The predicted octanol–water partition coefficient (Wildman–Crippen LogP) is 2.10. The van der Waals surface area contributed by atoms with Gasteiger partial charge in [-0.1, -0.05) is 17.7 Å². The molecule has 2 heteroatoms. The van der Waals surface area contributed by atoms with E-state index >= 15 is 0 Å². The van der Waals surface area contributed by atoms with Crippen LogP contribution in [0.2, 0.25) is 0 Å². The minimum Gasteiger partial charge on any atom is -0.374 e. The van der Waals surface area contributed by atoms with Crippen molar-refractivity contribution in [3.8, 4) is 0 Å². The summed E-state index contributed by atoms with van der Waals surface area (Å²) in [6.45, 7) is 3.29. The number of hydrogen-bond donors (Lipinski definition) is 1. The summed E-state index contributed by atoms with van der Waals surface area (Å²) < 4.78 is 0. The highest BCUT2D eigenvalue weighted by Gasteiger charge is 2.21. The molecule has 1 unspecified atom stereocenters. The number of anilines is 1. The van der Waals surface area contributed by atoms with Crippen LogP contribution in [-0.4, -0.2) is 20.6 Å². The molecule has 1 heterocycles. The van der Waals surface area contributed by atoms with Crippen molar-refractivity contribution >= 4 is 5.69 Å². The van der Waals surface area contributed by atoms with Gasteiger partial charge >= 0.3 is 0 Å². The Morgan fingerprint density at radius 3 is 2.93 bits per heavy atom. The third-order valence-corrected chi connectivity index (χ3v) is 3.07. The molecule has 0 radical (unpaired) electrons. The second-order valence-corrected chi connectivity index (χ2v) is 4.11. The highest BCUT2D eigenvalue weighted by atomic mass is 15.1. The molecule has 1 aromatic carbocycles. The van der Waals surface area contributed by atoms with Crippen molar-refractivity contribution in [2.24, 2.45) is 0 Å². The van der Waals surface area contributed by atoms with E-state index in [1.165, 1.54) is 23.2 Å². The van der Waals surface area contributed by atoms with E-state index in [1.54, 1.807) is 0 Å². The van der Waals surface area contributed by atoms with E-state index in [4.69, 9.17) is 0 Å². The van der Waals surface area contributed by atoms with Crippen molar-refractivity contribution in [1.82, 2.24) is 5.32 Å². The quantitative estimate of drug-likeness (QED) is 0.729. The average Bonchev–Trinajstić information content (AvgIpc) is 2.18. The molecular formula is C12H18N2. The molecule has 1 aliphatic heterocycles. The summed E-state index contributed by atoms with van der Waals surface area (Å²) in [5.41, 5.74) is 4.17. The molecule has 1 aliphatic rings. The SMILES string of the molecule is CNC1CCN(C)c2ccc(C)cc21. The molecule has 0 spiro atoms. The monoisotopic (exact) mass is 190 g/mol. The van der Waals surface area contributed by atoms with Gasteiger partial charge in [0, 0.05) is 25.3 Å². The van der Waals surface area contributed by atoms with Gasteiger partial charge in [-0.25, -0.2) is 0 Å². The Balaban J connectivity index is 2.46. The lowest BCUT2D eigenvalue weighted by Gasteiger charge is -2.33. The smallest absolute Gasteiger partial charge is 0.0412 e. The largest absolute Gasteiger partial charge is 0.374 e. The molecule has 0 fully saturated rings. The number of rotatable bonds is 1. The highest BCUT2D eigenvalue weighted by Crippen LogP contribution is 2.33. The van der Waals surface area contributed by atoms with Crippen molar-refractivity contribution in [2.45, 2.75) is 19.4 Å². The molecule has 1 N–H and O–H groups in total. The normalized spacial score (nSPS) is 20.8. The first-order valence-corrected chi connectivity index (χ1v) is 5.21. The third kappa shape index (κ3) is 1.50. The van der Waals surface area contributed by atoms with Gasteiger partial charge in [0.1, 0.15) is 0 Å². The van der Waals surface area contributed by atoms with Crippen molar-refractivity contribution in [3.63, 3.8) is 0 Å². The Bertz CT molecular complexity index is 333. The van der Waals surface area contributed by atoms with Crippen LogP contribution in [-0.2, 0) is 0 Å². The Labute approximate surface area is 85.9 Å². The summed E-state index contributed by atoms with van der Waals surface area (Å²) in [7, 11) is 4.21. The average molecular weight is 190 g/mol. The Kier molecular flexibility index (Phi) is 2.46. The van der Waals surface area contributed by atoms with Gasteiger partial charge in [-0.2, -0.15) is 0 Å². The topological polar surface area (TPSA) is 15.3 Å². The van der Waals surface area contributed by atoms with Crippen LogP contribution in [0.25, 0.3) is 0 Å². The summed E-state index contributed by atoms with van der Waals surface area (Å²) in [6.07, 6.45) is 1.20. The first-order chi connectivity index (χ1) is 6.72. The van der Waals surface area contributed by atoms with Crippen LogP contribution in [0.15, 0.2) is 18.2 Å². The number of aryl methyl sites for hydroxylation is 1. The number of nitrogens with zero attached hydrogens (tertiary/aromatic N) is 1. The van der Waals surface area contributed by atoms with Crippen molar-refractivity contribution in [1.29, 1.82) is 0 Å². The van der Waals surface area contributed by atoms with E-state index in [2.05, 4.69) is 42.4 Å². The second kappa shape index (κ2) is 3.62. The van der Waals surface area contributed by atoms with Crippen molar-refractivity contribution < 1.29 is 0 Å². The van der Waals surface area contributed by atoms with E-state index in [-0.39, 0.29) is 0 Å². The zero-order valence-corrected chi connectivity index (χ0v) is 9.17. The minimum atomic E-state index is 0.529. The number of benzene rings is 1. The van der Waals surface area contributed by atoms with Gasteiger partial charge in [0.25, 0.3) is 0 Å². The lowest BCUT2D eigenvalue weighted by atomic mass is 9.95. The molecule has 2 rings (SSSR count). The molecule has 0 aliphatic carbocycles. The van der Waals surface area contributed by atoms with Crippen LogP contribution >= 0.6 is 0 Å². The molecule has 1 atom stereocenters. The van der Waals surface area contributed by atoms with E-state index in [0.717, 1.165) is 6.54 Å². The summed E-state index contributed by atoms with van der Waals surface area (Å²) >= 11 is 0. The van der Waals surface area contributed by atoms with Gasteiger partial charge in [0.2, 0.25) is 0 Å². The van der Waals surface area contributed by atoms with Crippen LogP contribution in [0.1, 0.15) is 23.6 Å². The Morgan fingerprint density at radius 1 is 1.43 bits per heavy atom. The van der Waals surface area contributed by atoms with E-state index in [1.807, 2.05) is 7.05 Å². The molecule has 0 amide bonds. The summed E-state index contributed by atoms with van der Waals surface area (Å²) in [4.78, 5) is 2.34. The van der Waals surface area contributed by atoms with Crippen LogP contribution in [0.4, 0.5) is 5.69 Å². The molecular weight excluding hydrogens is 172 g/mol. The highest BCUT2D eigenvalue weighted by molar-refractivity contribution is 5.57. The molecule has 0 saturated heterocycles. The van der Waals surface area contributed by atoms with Crippen molar-refractivity contribution in [2.75, 3.05) is 25.5 Å². The summed E-state index contributed by atoms with van der Waals surface area (Å²) in [5, 5.41) is 3.38. The lowest BCUT2D eigenvalue weighted by molar-refractivity contribution is 0.528. The standard InChI is InChI=1S/C12H18N2/c1-9-4-5-12-10(8-9)11(13-2)6-7-14(12)3/h4-5,8,11,13H,6-7H2,1-3H3. The number of nitrogens with one attached hydrogen (secondary N) is 1. The first kappa shape index (κ1) is 9.53. The van der Waals surface area contributed by atoms with Gasteiger partial charge in [-0.3, -0.25) is 0 Å². The summed E-state index contributed by atoms with van der Waals surface area (Å²) in [6, 6.07) is 7.24. The minimum absolute atomic E-state index is 0.529. The van der Waals surface area contributed by atoms with Gasteiger partial charge in [-0.15, -0.1) is 0 Å². The van der Waals surface area contributed by atoms with E-state index in [9.17, 15) is 0 Å². The molecule has 76 valence electrons. The maximum Gasteiger partial charge on any atom is 0.0412 e. The fourth-order valence-corrected chi connectivity index (χ4v) is 2.20. The Hall–Kier alpha value is -1.02. The van der Waals surface area contributed by atoms with Crippen LogP contribution in [0.5, 0.6) is 0 Å². The van der Waals surface area contributed by atoms with Crippen LogP contribution in [0, 0.1) is 6.92 Å². The molecule has 0 saturated carbocycles. The lowest BCUT2D eigenvalue weighted by Crippen LogP contribution is -2.32. The van der Waals surface area contributed by atoms with Crippen LogP contribution in [0.3, 0.4) is 0 Å². The Morgan fingerprint density at radius 2 is 2.21 bits per heavy atom. The molecule has 0 bridgehead atoms. The number of hydrogen-bond acceptors (Lipinski definition) is 2. The van der Waals surface area contributed by atoms with E-state index < -0.39 is 0 Å². The second-order valence-electron chi connectivity index (χ2n) is 4.11. The van der Waals surface area contributed by atoms with Gasteiger partial charge < -0.3 is 10.2 Å². The fraction of sp³-hybridized carbons (Fsp3) is 0.500. The van der Waals surface area contributed by atoms with Gasteiger partial charge in [-0.05, 0) is 32.0 Å². The number of fused-ring (bicyclic) bond motifs is 1. The zero-order chi connectivity index (χ0) is 10.1. The van der Waals surface area contributed by atoms with Gasteiger partial charge in [0.05, 0.1) is 0 Å².